The van der Waals surface area contributed by atoms with Gasteiger partial charge < -0.3 is 10.2 Å². The molecule has 20 heavy (non-hydrogen) atoms. The van der Waals surface area contributed by atoms with Crippen LogP contribution < -0.4 is 5.32 Å². The van der Waals surface area contributed by atoms with E-state index in [9.17, 15) is 9.59 Å². The minimum absolute atomic E-state index is 0.166. The second-order valence-electron chi connectivity index (χ2n) is 5.58. The number of carbonyl (C=O) groups is 2. The van der Waals surface area contributed by atoms with E-state index in [1.165, 1.54) is 12.5 Å². The average Bonchev–Trinajstić information content (AvgIpc) is 3.20. The Hall–Kier alpha value is -1.98. The minimum atomic E-state index is -0.166. The highest BCUT2D eigenvalue weighted by Crippen LogP contribution is 2.32. The fourth-order valence-corrected chi connectivity index (χ4v) is 2.63. The molecule has 106 valence electrons. The molecule has 1 saturated heterocycles. The van der Waals surface area contributed by atoms with E-state index < -0.39 is 0 Å². The van der Waals surface area contributed by atoms with Gasteiger partial charge in [0, 0.05) is 37.7 Å². The first-order valence-electron chi connectivity index (χ1n) is 6.99. The van der Waals surface area contributed by atoms with Crippen LogP contribution in [0.3, 0.4) is 0 Å². The predicted molar refractivity (Wildman–Crippen MR) is 71.9 cm³/mol. The fourth-order valence-electron chi connectivity index (χ4n) is 2.63. The van der Waals surface area contributed by atoms with Gasteiger partial charge >= 0.3 is 0 Å². The van der Waals surface area contributed by atoms with Crippen molar-refractivity contribution in [1.82, 2.24) is 20.2 Å². The monoisotopic (exact) mass is 274 g/mol. The molecule has 1 aliphatic heterocycles. The quantitative estimate of drug-likeness (QED) is 0.869. The van der Waals surface area contributed by atoms with Crippen molar-refractivity contribution in [2.24, 2.45) is 5.92 Å². The molecule has 1 saturated carbocycles. The Balaban J connectivity index is 1.54. The molecule has 6 heteroatoms. The summed E-state index contributed by atoms with van der Waals surface area (Å²) in [5, 5.41) is 2.88. The van der Waals surface area contributed by atoms with Crippen molar-refractivity contribution in [2.45, 2.75) is 32.2 Å². The average molecular weight is 274 g/mol. The van der Waals surface area contributed by atoms with Crippen LogP contribution in [-0.2, 0) is 4.79 Å². The van der Waals surface area contributed by atoms with Crippen molar-refractivity contribution in [2.75, 3.05) is 13.1 Å². The minimum Gasteiger partial charge on any atom is -0.352 e. The number of carbonyl (C=O) groups excluding carboxylic acids is 2. The van der Waals surface area contributed by atoms with Crippen LogP contribution in [0.25, 0.3) is 0 Å². The molecule has 0 bridgehead atoms. The summed E-state index contributed by atoms with van der Waals surface area (Å²) in [6, 6.07) is 0.466. The van der Waals surface area contributed by atoms with E-state index in [1.54, 1.807) is 6.92 Å². The van der Waals surface area contributed by atoms with Gasteiger partial charge in [0.2, 0.25) is 5.91 Å². The highest BCUT2D eigenvalue weighted by molar-refractivity contribution is 5.94. The summed E-state index contributed by atoms with van der Waals surface area (Å²) in [6.45, 7) is 3.08. The lowest BCUT2D eigenvalue weighted by Gasteiger charge is -2.15. The number of likely N-dealkylation sites (tertiary alicyclic amines) is 1. The first-order chi connectivity index (χ1) is 9.65. The summed E-state index contributed by atoms with van der Waals surface area (Å²) < 4.78 is 0. The SMILES string of the molecule is Cc1ncncc1C(=O)NC[C@@H]1CC(=O)N(C2CC2)C1. The van der Waals surface area contributed by atoms with Crippen LogP contribution in [0.1, 0.15) is 35.3 Å². The van der Waals surface area contributed by atoms with Gasteiger partial charge in [-0.15, -0.1) is 0 Å². The van der Waals surface area contributed by atoms with Gasteiger partial charge in [-0.05, 0) is 19.8 Å². The lowest BCUT2D eigenvalue weighted by Crippen LogP contribution is -2.32. The topological polar surface area (TPSA) is 75.2 Å². The van der Waals surface area contributed by atoms with E-state index in [4.69, 9.17) is 0 Å². The Labute approximate surface area is 117 Å². The van der Waals surface area contributed by atoms with E-state index in [1.807, 2.05) is 4.90 Å². The molecule has 1 aromatic heterocycles. The van der Waals surface area contributed by atoms with Gasteiger partial charge in [-0.1, -0.05) is 0 Å². The van der Waals surface area contributed by atoms with Gasteiger partial charge in [0.05, 0.1) is 11.3 Å². The smallest absolute Gasteiger partial charge is 0.254 e. The second kappa shape index (κ2) is 5.19. The number of aryl methyl sites for hydroxylation is 1. The zero-order valence-corrected chi connectivity index (χ0v) is 11.5. The van der Waals surface area contributed by atoms with Crippen molar-refractivity contribution >= 4 is 11.8 Å². The molecule has 1 atom stereocenters. The standard InChI is InChI=1S/C14H18N4O2/c1-9-12(6-15-8-17-9)14(20)16-5-10-4-13(19)18(7-10)11-2-3-11/h6,8,10-11H,2-5,7H2,1H3,(H,16,20)/t10-/m0/s1. The number of rotatable bonds is 4. The number of hydrogen-bond acceptors (Lipinski definition) is 4. The van der Waals surface area contributed by atoms with Crippen molar-refractivity contribution in [3.8, 4) is 0 Å². The summed E-state index contributed by atoms with van der Waals surface area (Å²) in [4.78, 5) is 33.7. The summed E-state index contributed by atoms with van der Waals surface area (Å²) in [7, 11) is 0. The summed E-state index contributed by atoms with van der Waals surface area (Å²) in [5.41, 5.74) is 1.16. The van der Waals surface area contributed by atoms with E-state index in [-0.39, 0.29) is 17.7 Å². The van der Waals surface area contributed by atoms with Crippen molar-refractivity contribution in [3.63, 3.8) is 0 Å². The molecule has 1 N–H and O–H groups in total. The van der Waals surface area contributed by atoms with Gasteiger partial charge in [0.25, 0.3) is 5.91 Å². The van der Waals surface area contributed by atoms with Crippen molar-refractivity contribution < 1.29 is 9.59 Å². The molecule has 6 nitrogen and oxygen atoms in total. The van der Waals surface area contributed by atoms with Crippen LogP contribution in [0.4, 0.5) is 0 Å². The number of nitrogens with zero attached hydrogens (tertiary/aromatic N) is 3. The molecule has 2 fully saturated rings. The molecule has 0 radical (unpaired) electrons. The maximum Gasteiger partial charge on any atom is 0.254 e. The molecule has 0 aromatic carbocycles. The number of aromatic nitrogens is 2. The fraction of sp³-hybridized carbons (Fsp3) is 0.571. The maximum absolute atomic E-state index is 12.0. The largest absolute Gasteiger partial charge is 0.352 e. The predicted octanol–water partition coefficient (Wildman–Crippen LogP) is 0.526. The Kier molecular flexibility index (Phi) is 3.38. The Morgan fingerprint density at radius 2 is 2.30 bits per heavy atom. The van der Waals surface area contributed by atoms with Gasteiger partial charge in [-0.2, -0.15) is 0 Å². The number of nitrogens with one attached hydrogen (secondary N) is 1. The first kappa shape index (κ1) is 13.0. The van der Waals surface area contributed by atoms with Crippen LogP contribution in [0.2, 0.25) is 0 Å². The molecule has 3 rings (SSSR count). The van der Waals surface area contributed by atoms with Crippen LogP contribution in [-0.4, -0.2) is 45.8 Å². The van der Waals surface area contributed by atoms with E-state index >= 15 is 0 Å². The van der Waals surface area contributed by atoms with E-state index in [0.29, 0.717) is 30.3 Å². The van der Waals surface area contributed by atoms with E-state index in [0.717, 1.165) is 19.4 Å². The normalized spacial score (nSPS) is 22.1. The lowest BCUT2D eigenvalue weighted by atomic mass is 10.1. The third-order valence-corrected chi connectivity index (χ3v) is 3.93. The summed E-state index contributed by atoms with van der Waals surface area (Å²) >= 11 is 0. The highest BCUT2D eigenvalue weighted by Gasteiger charge is 2.39. The third kappa shape index (κ3) is 2.64. The molecular formula is C14H18N4O2. The van der Waals surface area contributed by atoms with Crippen LogP contribution in [0.15, 0.2) is 12.5 Å². The zero-order chi connectivity index (χ0) is 14.1. The van der Waals surface area contributed by atoms with Gasteiger partial charge in [0.1, 0.15) is 6.33 Å². The molecule has 1 aliphatic carbocycles. The highest BCUT2D eigenvalue weighted by atomic mass is 16.2. The van der Waals surface area contributed by atoms with Crippen LogP contribution in [0.5, 0.6) is 0 Å². The molecular weight excluding hydrogens is 256 g/mol. The molecule has 2 heterocycles. The summed E-state index contributed by atoms with van der Waals surface area (Å²) in [6.07, 6.45) is 5.75. The molecule has 1 aromatic rings. The van der Waals surface area contributed by atoms with Gasteiger partial charge in [-0.25, -0.2) is 9.97 Å². The molecule has 2 aliphatic rings. The molecule has 0 unspecified atom stereocenters. The second-order valence-corrected chi connectivity index (χ2v) is 5.58. The van der Waals surface area contributed by atoms with Gasteiger partial charge in [0.15, 0.2) is 0 Å². The first-order valence-corrected chi connectivity index (χ1v) is 6.99. The third-order valence-electron chi connectivity index (χ3n) is 3.93. The number of amides is 2. The van der Waals surface area contributed by atoms with Crippen LogP contribution >= 0.6 is 0 Å². The van der Waals surface area contributed by atoms with Crippen molar-refractivity contribution in [1.29, 1.82) is 0 Å². The summed E-state index contributed by atoms with van der Waals surface area (Å²) in [5.74, 6) is 0.281. The number of hydrogen-bond donors (Lipinski definition) is 1. The van der Waals surface area contributed by atoms with E-state index in [2.05, 4.69) is 15.3 Å². The zero-order valence-electron chi connectivity index (χ0n) is 11.5. The Morgan fingerprint density at radius 3 is 3.00 bits per heavy atom. The maximum atomic E-state index is 12.0. The lowest BCUT2D eigenvalue weighted by molar-refractivity contribution is -0.128. The van der Waals surface area contributed by atoms with Crippen LogP contribution in [0, 0.1) is 12.8 Å². The van der Waals surface area contributed by atoms with Crippen molar-refractivity contribution in [3.05, 3.63) is 23.8 Å². The Morgan fingerprint density at radius 1 is 1.50 bits per heavy atom. The Bertz CT molecular complexity index is 542. The van der Waals surface area contributed by atoms with Gasteiger partial charge in [-0.3, -0.25) is 9.59 Å². The molecule has 2 amide bonds. The molecule has 0 spiro atoms.